The minimum Gasteiger partial charge on any atom is -0.371 e. The number of nitriles is 1. The molecule has 0 unspecified atom stereocenters. The molecular weight excluding hydrogens is 184 g/mol. The number of hydrogen-bond acceptors (Lipinski definition) is 2. The average Bonchev–Trinajstić information content (AvgIpc) is 2.29. The third-order valence-corrected chi connectivity index (χ3v) is 2.91. The Hall–Kier alpha value is -1.49. The fourth-order valence-corrected chi connectivity index (χ4v) is 2.16. The molecule has 1 saturated heterocycles. The van der Waals surface area contributed by atoms with Crippen LogP contribution < -0.4 is 4.90 Å². The summed E-state index contributed by atoms with van der Waals surface area (Å²) in [7, 11) is 0. The van der Waals surface area contributed by atoms with Crippen LogP contribution >= 0.6 is 0 Å². The Bertz CT molecular complexity index is 384. The third-order valence-electron chi connectivity index (χ3n) is 2.91. The summed E-state index contributed by atoms with van der Waals surface area (Å²) in [6, 6.07) is 8.33. The summed E-state index contributed by atoms with van der Waals surface area (Å²) >= 11 is 0. The molecule has 1 fully saturated rings. The quantitative estimate of drug-likeness (QED) is 0.697. The van der Waals surface area contributed by atoms with Crippen LogP contribution in [0.5, 0.6) is 0 Å². The molecule has 2 rings (SSSR count). The van der Waals surface area contributed by atoms with Crippen molar-refractivity contribution in [3.8, 4) is 6.07 Å². The van der Waals surface area contributed by atoms with Crippen molar-refractivity contribution in [3.05, 3.63) is 29.3 Å². The van der Waals surface area contributed by atoms with E-state index in [4.69, 9.17) is 5.26 Å². The van der Waals surface area contributed by atoms with Crippen LogP contribution in [0.4, 0.5) is 5.69 Å². The van der Waals surface area contributed by atoms with Crippen molar-refractivity contribution in [2.24, 2.45) is 0 Å². The van der Waals surface area contributed by atoms with E-state index >= 15 is 0 Å². The third kappa shape index (κ3) is 2.30. The monoisotopic (exact) mass is 200 g/mol. The normalized spacial score (nSPS) is 16.1. The number of anilines is 1. The average molecular weight is 200 g/mol. The highest BCUT2D eigenvalue weighted by atomic mass is 15.1. The SMILES string of the molecule is Cc1cc(C#N)cc(N2CCCCC2)c1. The van der Waals surface area contributed by atoms with Crippen LogP contribution in [0.2, 0.25) is 0 Å². The van der Waals surface area contributed by atoms with E-state index < -0.39 is 0 Å². The van der Waals surface area contributed by atoms with Gasteiger partial charge in [0, 0.05) is 18.8 Å². The molecule has 0 saturated carbocycles. The molecule has 1 aromatic rings. The van der Waals surface area contributed by atoms with Crippen LogP contribution in [0.3, 0.4) is 0 Å². The first-order chi connectivity index (χ1) is 7.29. The fraction of sp³-hybridized carbons (Fsp3) is 0.462. The van der Waals surface area contributed by atoms with E-state index in [-0.39, 0.29) is 0 Å². The zero-order chi connectivity index (χ0) is 10.7. The van der Waals surface area contributed by atoms with Gasteiger partial charge in [-0.2, -0.15) is 5.26 Å². The van der Waals surface area contributed by atoms with E-state index in [0.717, 1.165) is 18.7 Å². The molecule has 1 aromatic carbocycles. The fourth-order valence-electron chi connectivity index (χ4n) is 2.16. The van der Waals surface area contributed by atoms with Crippen molar-refractivity contribution < 1.29 is 0 Å². The van der Waals surface area contributed by atoms with Gasteiger partial charge in [-0.1, -0.05) is 0 Å². The summed E-state index contributed by atoms with van der Waals surface area (Å²) in [5.41, 5.74) is 3.16. The van der Waals surface area contributed by atoms with Gasteiger partial charge in [0.2, 0.25) is 0 Å². The van der Waals surface area contributed by atoms with Gasteiger partial charge in [-0.25, -0.2) is 0 Å². The lowest BCUT2D eigenvalue weighted by Crippen LogP contribution is -2.29. The molecule has 1 aliphatic rings. The summed E-state index contributed by atoms with van der Waals surface area (Å²) in [4.78, 5) is 2.39. The molecular formula is C13H16N2. The van der Waals surface area contributed by atoms with Gasteiger partial charge in [0.15, 0.2) is 0 Å². The first kappa shape index (κ1) is 10.0. The lowest BCUT2D eigenvalue weighted by atomic mass is 10.1. The zero-order valence-electron chi connectivity index (χ0n) is 9.16. The number of piperidine rings is 1. The Morgan fingerprint density at radius 3 is 2.53 bits per heavy atom. The van der Waals surface area contributed by atoms with Gasteiger partial charge in [-0.3, -0.25) is 0 Å². The highest BCUT2D eigenvalue weighted by Gasteiger charge is 2.11. The van der Waals surface area contributed by atoms with Crippen LogP contribution in [0.25, 0.3) is 0 Å². The van der Waals surface area contributed by atoms with Gasteiger partial charge >= 0.3 is 0 Å². The van der Waals surface area contributed by atoms with Gasteiger partial charge in [-0.15, -0.1) is 0 Å². The van der Waals surface area contributed by atoms with Crippen molar-refractivity contribution >= 4 is 5.69 Å². The van der Waals surface area contributed by atoms with Crippen molar-refractivity contribution in [2.45, 2.75) is 26.2 Å². The molecule has 0 N–H and O–H groups in total. The maximum absolute atomic E-state index is 8.92. The Kier molecular flexibility index (Phi) is 2.91. The topological polar surface area (TPSA) is 27.0 Å². The number of benzene rings is 1. The Morgan fingerprint density at radius 1 is 1.13 bits per heavy atom. The second-order valence-electron chi connectivity index (χ2n) is 4.22. The van der Waals surface area contributed by atoms with Crippen LogP contribution in [-0.4, -0.2) is 13.1 Å². The van der Waals surface area contributed by atoms with Gasteiger partial charge in [-0.05, 0) is 49.9 Å². The number of aryl methyl sites for hydroxylation is 1. The van der Waals surface area contributed by atoms with E-state index in [1.807, 2.05) is 19.1 Å². The van der Waals surface area contributed by atoms with E-state index in [2.05, 4.69) is 17.0 Å². The molecule has 0 radical (unpaired) electrons. The molecule has 0 aliphatic carbocycles. The second kappa shape index (κ2) is 4.35. The molecule has 78 valence electrons. The summed E-state index contributed by atoms with van der Waals surface area (Å²) < 4.78 is 0. The molecule has 15 heavy (non-hydrogen) atoms. The van der Waals surface area contributed by atoms with Crippen molar-refractivity contribution in [1.29, 1.82) is 5.26 Å². The first-order valence-electron chi connectivity index (χ1n) is 5.56. The Balaban J connectivity index is 2.27. The highest BCUT2D eigenvalue weighted by Crippen LogP contribution is 2.22. The van der Waals surface area contributed by atoms with Gasteiger partial charge in [0.25, 0.3) is 0 Å². The van der Waals surface area contributed by atoms with Crippen molar-refractivity contribution in [3.63, 3.8) is 0 Å². The molecule has 0 spiro atoms. The number of hydrogen-bond donors (Lipinski definition) is 0. The molecule has 0 atom stereocenters. The first-order valence-corrected chi connectivity index (χ1v) is 5.56. The van der Waals surface area contributed by atoms with Crippen LogP contribution in [0.15, 0.2) is 18.2 Å². The van der Waals surface area contributed by atoms with Crippen molar-refractivity contribution in [2.75, 3.05) is 18.0 Å². The molecule has 1 heterocycles. The molecule has 0 aromatic heterocycles. The number of nitrogens with zero attached hydrogens (tertiary/aromatic N) is 2. The van der Waals surface area contributed by atoms with E-state index in [0.29, 0.717) is 0 Å². The summed E-state index contributed by atoms with van der Waals surface area (Å²) in [5, 5.41) is 8.92. The van der Waals surface area contributed by atoms with Crippen molar-refractivity contribution in [1.82, 2.24) is 0 Å². The maximum atomic E-state index is 8.92. The summed E-state index contributed by atoms with van der Waals surface area (Å²) in [6.45, 7) is 4.32. The maximum Gasteiger partial charge on any atom is 0.0992 e. The zero-order valence-corrected chi connectivity index (χ0v) is 9.16. The minimum absolute atomic E-state index is 0.774. The predicted molar refractivity (Wildman–Crippen MR) is 62.0 cm³/mol. The lowest BCUT2D eigenvalue weighted by molar-refractivity contribution is 0.578. The van der Waals surface area contributed by atoms with E-state index in [1.165, 1.54) is 30.5 Å². The largest absolute Gasteiger partial charge is 0.371 e. The van der Waals surface area contributed by atoms with Gasteiger partial charge in [0.05, 0.1) is 11.6 Å². The Labute approximate surface area is 91.1 Å². The number of rotatable bonds is 1. The minimum atomic E-state index is 0.774. The standard InChI is InChI=1S/C13H16N2/c1-11-7-12(10-14)9-13(8-11)15-5-3-2-4-6-15/h7-9H,2-6H2,1H3. The molecule has 1 aliphatic heterocycles. The molecule has 2 nitrogen and oxygen atoms in total. The second-order valence-corrected chi connectivity index (χ2v) is 4.22. The summed E-state index contributed by atoms with van der Waals surface area (Å²) in [6.07, 6.45) is 3.89. The highest BCUT2D eigenvalue weighted by molar-refractivity contribution is 5.54. The van der Waals surface area contributed by atoms with Crippen LogP contribution in [0, 0.1) is 18.3 Å². The van der Waals surface area contributed by atoms with Gasteiger partial charge < -0.3 is 4.90 Å². The smallest absolute Gasteiger partial charge is 0.0992 e. The lowest BCUT2D eigenvalue weighted by Gasteiger charge is -2.29. The molecule has 2 heteroatoms. The van der Waals surface area contributed by atoms with Crippen LogP contribution in [-0.2, 0) is 0 Å². The van der Waals surface area contributed by atoms with E-state index in [9.17, 15) is 0 Å². The molecule has 0 bridgehead atoms. The van der Waals surface area contributed by atoms with Gasteiger partial charge in [0.1, 0.15) is 0 Å². The predicted octanol–water partition coefficient (Wildman–Crippen LogP) is 2.86. The Morgan fingerprint density at radius 2 is 1.87 bits per heavy atom. The van der Waals surface area contributed by atoms with Crippen LogP contribution in [0.1, 0.15) is 30.4 Å². The molecule has 0 amide bonds. The van der Waals surface area contributed by atoms with E-state index in [1.54, 1.807) is 0 Å². The summed E-state index contributed by atoms with van der Waals surface area (Å²) in [5.74, 6) is 0.